The van der Waals surface area contributed by atoms with Crippen LogP contribution < -0.4 is 49.4 Å². The van der Waals surface area contributed by atoms with Crippen molar-refractivity contribution in [3.05, 3.63) is 40.2 Å². The van der Waals surface area contributed by atoms with Crippen molar-refractivity contribution in [3.63, 3.8) is 0 Å². The summed E-state index contributed by atoms with van der Waals surface area (Å²) in [7, 11) is 0. The number of fused-ring (bicyclic) bond motifs is 1. The fourth-order valence-corrected chi connectivity index (χ4v) is 5.10. The van der Waals surface area contributed by atoms with E-state index in [0.717, 1.165) is 6.07 Å². The van der Waals surface area contributed by atoms with Crippen LogP contribution >= 0.6 is 0 Å². The molecule has 17 heteroatoms. The number of amides is 7. The van der Waals surface area contributed by atoms with Crippen LogP contribution in [-0.4, -0.2) is 72.1 Å². The minimum atomic E-state index is -1.29. The number of carbonyl (C=O) groups is 7. The summed E-state index contributed by atoms with van der Waals surface area (Å²) in [5.41, 5.74) is 16.1. The molecule has 11 N–H and O–H groups in total. The summed E-state index contributed by atoms with van der Waals surface area (Å²) >= 11 is 0. The highest BCUT2D eigenvalue weighted by Gasteiger charge is 2.31. The van der Waals surface area contributed by atoms with Crippen LogP contribution in [-0.2, 0) is 40.0 Å². The van der Waals surface area contributed by atoms with Gasteiger partial charge in [-0.2, -0.15) is 0 Å². The Hall–Kier alpha value is -5.32. The third-order valence-corrected chi connectivity index (χ3v) is 7.51. The molecule has 0 saturated heterocycles. The van der Waals surface area contributed by atoms with Gasteiger partial charge in [-0.15, -0.1) is 0 Å². The van der Waals surface area contributed by atoms with E-state index < -0.39 is 71.1 Å². The molecule has 0 aliphatic carbocycles. The molecule has 1 heterocycles. The topological polar surface area (TPSA) is 288 Å². The average molecular weight is 701 g/mol. The molecule has 0 aliphatic heterocycles. The molecule has 0 unspecified atom stereocenters. The summed E-state index contributed by atoms with van der Waals surface area (Å²) in [5.74, 6) is -4.61. The van der Waals surface area contributed by atoms with Crippen LogP contribution in [0.2, 0.25) is 0 Å². The van der Waals surface area contributed by atoms with E-state index in [1.54, 1.807) is 0 Å². The molecule has 50 heavy (non-hydrogen) atoms. The fraction of sp³-hybridized carbons (Fsp3) is 0.515. The van der Waals surface area contributed by atoms with Crippen molar-refractivity contribution in [2.45, 2.75) is 96.8 Å². The van der Waals surface area contributed by atoms with E-state index in [-0.39, 0.29) is 49.3 Å². The molecule has 0 fully saturated rings. The second-order valence-corrected chi connectivity index (χ2v) is 12.5. The van der Waals surface area contributed by atoms with Crippen molar-refractivity contribution in [1.82, 2.24) is 21.3 Å². The molecule has 1 aromatic heterocycles. The van der Waals surface area contributed by atoms with Crippen molar-refractivity contribution in [1.29, 1.82) is 0 Å². The van der Waals surface area contributed by atoms with Gasteiger partial charge >= 0.3 is 5.63 Å². The summed E-state index contributed by atoms with van der Waals surface area (Å²) in [6.45, 7) is 6.73. The molecule has 1 aromatic carbocycles. The standard InChI is InChI=1S/C33H48N8O9/c1-17(2)13-25(41-32(48)23(7-5-6-12-34)39-30(46)18(3)37-19(4)42)33(49)40-24(10-11-27(35)43)31(47)38-21-8-9-22-20(14-28(36)44)15-29(45)50-26(22)16-21/h8-9,15-18,23-25H,5-7,10-14,34H2,1-4H3,(H2,35,43)(H2,36,44)(H,37,42)(H,38,47)(H,39,46)(H,40,49)(H,41,48)/t18-,23-,24-,25-/m0/s1. The highest BCUT2D eigenvalue weighted by molar-refractivity contribution is 6.00. The first kappa shape index (κ1) is 40.9. The zero-order chi connectivity index (χ0) is 37.5. The van der Waals surface area contributed by atoms with Gasteiger partial charge in [0.25, 0.3) is 0 Å². The van der Waals surface area contributed by atoms with Crippen molar-refractivity contribution in [2.75, 3.05) is 11.9 Å². The van der Waals surface area contributed by atoms with Crippen LogP contribution in [0.15, 0.2) is 33.5 Å². The maximum Gasteiger partial charge on any atom is 0.336 e. The predicted molar refractivity (Wildman–Crippen MR) is 184 cm³/mol. The Bertz CT molecular complexity index is 1620. The molecular weight excluding hydrogens is 652 g/mol. The molecule has 0 spiro atoms. The fourth-order valence-electron chi connectivity index (χ4n) is 5.10. The highest BCUT2D eigenvalue weighted by Crippen LogP contribution is 2.22. The Labute approximate surface area is 289 Å². The lowest BCUT2D eigenvalue weighted by Crippen LogP contribution is -2.57. The van der Waals surface area contributed by atoms with Gasteiger partial charge in [-0.25, -0.2) is 4.79 Å². The van der Waals surface area contributed by atoms with Crippen LogP contribution in [0.4, 0.5) is 5.69 Å². The molecule has 0 bridgehead atoms. The van der Waals surface area contributed by atoms with E-state index in [4.69, 9.17) is 21.6 Å². The minimum absolute atomic E-state index is 0.0727. The van der Waals surface area contributed by atoms with E-state index in [0.29, 0.717) is 30.3 Å². The van der Waals surface area contributed by atoms with E-state index >= 15 is 0 Å². The Balaban J connectivity index is 2.30. The molecule has 0 radical (unpaired) electrons. The van der Waals surface area contributed by atoms with Gasteiger partial charge in [-0.1, -0.05) is 13.8 Å². The van der Waals surface area contributed by atoms with Crippen LogP contribution in [0, 0.1) is 5.92 Å². The van der Waals surface area contributed by atoms with E-state index in [1.165, 1.54) is 32.0 Å². The summed E-state index contributed by atoms with van der Waals surface area (Å²) in [4.78, 5) is 99.9. The number of rotatable bonds is 20. The second-order valence-electron chi connectivity index (χ2n) is 12.5. The van der Waals surface area contributed by atoms with Gasteiger partial charge in [0.05, 0.1) is 6.42 Å². The molecule has 0 aliphatic rings. The Kier molecular flexibility index (Phi) is 16.0. The SMILES string of the molecule is CC(=O)N[C@@H](C)C(=O)N[C@@H](CCCCN)C(=O)N[C@@H](CC(C)C)C(=O)N[C@@H](CCC(N)=O)C(=O)Nc1ccc2c(CC(N)=O)cc(=O)oc2c1. The first-order valence-corrected chi connectivity index (χ1v) is 16.3. The maximum absolute atomic E-state index is 13.6. The van der Waals surface area contributed by atoms with Crippen molar-refractivity contribution < 1.29 is 38.0 Å². The van der Waals surface area contributed by atoms with Crippen LogP contribution in [0.5, 0.6) is 0 Å². The lowest BCUT2D eigenvalue weighted by atomic mass is 10.0. The van der Waals surface area contributed by atoms with Crippen molar-refractivity contribution in [3.8, 4) is 0 Å². The molecule has 17 nitrogen and oxygen atoms in total. The summed E-state index contributed by atoms with van der Waals surface area (Å²) in [5, 5.41) is 13.4. The zero-order valence-electron chi connectivity index (χ0n) is 28.8. The van der Waals surface area contributed by atoms with Gasteiger partial charge in [0.2, 0.25) is 41.4 Å². The molecule has 2 rings (SSSR count). The number of nitrogens with one attached hydrogen (secondary N) is 5. The van der Waals surface area contributed by atoms with Crippen molar-refractivity contribution >= 4 is 58.0 Å². The molecule has 2 aromatic rings. The lowest BCUT2D eigenvalue weighted by Gasteiger charge is -2.27. The zero-order valence-corrected chi connectivity index (χ0v) is 28.8. The van der Waals surface area contributed by atoms with Gasteiger partial charge in [-0.3, -0.25) is 33.6 Å². The minimum Gasteiger partial charge on any atom is -0.423 e. The molecular formula is C33H48N8O9. The summed E-state index contributed by atoms with van der Waals surface area (Å²) < 4.78 is 5.24. The lowest BCUT2D eigenvalue weighted by molar-refractivity contribution is -0.134. The monoisotopic (exact) mass is 700 g/mol. The Morgan fingerprint density at radius 2 is 1.38 bits per heavy atom. The molecule has 274 valence electrons. The molecule has 7 amide bonds. The normalized spacial score (nSPS) is 13.4. The predicted octanol–water partition coefficient (Wildman–Crippen LogP) is -0.821. The second kappa shape index (κ2) is 19.6. The number of primary amides is 2. The van der Waals surface area contributed by atoms with Gasteiger partial charge in [-0.05, 0) is 69.2 Å². The van der Waals surface area contributed by atoms with Gasteiger partial charge in [0.1, 0.15) is 29.8 Å². The van der Waals surface area contributed by atoms with E-state index in [1.807, 2.05) is 13.8 Å². The Morgan fingerprint density at radius 1 is 0.760 bits per heavy atom. The third kappa shape index (κ3) is 13.7. The first-order valence-electron chi connectivity index (χ1n) is 16.3. The van der Waals surface area contributed by atoms with Crippen molar-refractivity contribution in [2.24, 2.45) is 23.1 Å². The number of hydrogen-bond acceptors (Lipinski definition) is 10. The number of carbonyl (C=O) groups excluding carboxylic acids is 7. The number of unbranched alkanes of at least 4 members (excludes halogenated alkanes) is 1. The number of hydrogen-bond donors (Lipinski definition) is 8. The average Bonchev–Trinajstić information content (AvgIpc) is 3.00. The smallest absolute Gasteiger partial charge is 0.336 e. The third-order valence-electron chi connectivity index (χ3n) is 7.51. The van der Waals surface area contributed by atoms with Gasteiger partial charge in [0.15, 0.2) is 0 Å². The van der Waals surface area contributed by atoms with E-state index in [9.17, 15) is 38.4 Å². The molecule has 4 atom stereocenters. The van der Waals surface area contributed by atoms with Gasteiger partial charge in [0, 0.05) is 36.6 Å². The summed E-state index contributed by atoms with van der Waals surface area (Å²) in [6, 6.07) is 1.11. The molecule has 0 saturated carbocycles. The largest absolute Gasteiger partial charge is 0.423 e. The number of nitrogens with two attached hydrogens (primary N) is 3. The van der Waals surface area contributed by atoms with Crippen LogP contribution in [0.3, 0.4) is 0 Å². The summed E-state index contributed by atoms with van der Waals surface area (Å²) in [6.07, 6.45) is 0.779. The quantitative estimate of drug-likeness (QED) is 0.0627. The number of benzene rings is 1. The van der Waals surface area contributed by atoms with Crippen LogP contribution in [0.1, 0.15) is 71.8 Å². The van der Waals surface area contributed by atoms with Crippen LogP contribution in [0.25, 0.3) is 11.0 Å². The van der Waals surface area contributed by atoms with E-state index in [2.05, 4.69) is 26.6 Å². The van der Waals surface area contributed by atoms with Gasteiger partial charge < -0.3 is 48.2 Å². The maximum atomic E-state index is 13.6. The highest BCUT2D eigenvalue weighted by atomic mass is 16.4. The first-order chi connectivity index (χ1) is 23.5. The number of anilines is 1. The Morgan fingerprint density at radius 3 is 1.98 bits per heavy atom.